The molecule has 7 heteroatoms. The molecule has 0 saturated carbocycles. The number of alkyl halides is 3. The summed E-state index contributed by atoms with van der Waals surface area (Å²) in [6.45, 7) is 1.69. The lowest BCUT2D eigenvalue weighted by Crippen LogP contribution is -2.22. The second-order valence-corrected chi connectivity index (χ2v) is 5.97. The number of benzene rings is 2. The van der Waals surface area contributed by atoms with E-state index in [-0.39, 0.29) is 29.4 Å². The van der Waals surface area contributed by atoms with Gasteiger partial charge in [-0.1, -0.05) is 30.3 Å². The topological polar surface area (TPSA) is 42.2 Å². The van der Waals surface area contributed by atoms with Gasteiger partial charge in [0.25, 0.3) is 5.91 Å². The van der Waals surface area contributed by atoms with Crippen LogP contribution in [0.4, 0.5) is 17.6 Å². The van der Waals surface area contributed by atoms with Crippen LogP contribution in [0.1, 0.15) is 27.2 Å². The van der Waals surface area contributed by atoms with Crippen LogP contribution in [0, 0.1) is 12.7 Å². The Balaban J connectivity index is 1.76. The van der Waals surface area contributed by atoms with Crippen molar-refractivity contribution in [1.29, 1.82) is 0 Å². The number of furan rings is 1. The Morgan fingerprint density at radius 1 is 1.07 bits per heavy atom. The summed E-state index contributed by atoms with van der Waals surface area (Å²) in [6.07, 6.45) is -4.54. The fraction of sp³-hybridized carbons (Fsp3) is 0.150. The van der Waals surface area contributed by atoms with Gasteiger partial charge in [-0.05, 0) is 42.3 Å². The van der Waals surface area contributed by atoms with Crippen molar-refractivity contribution in [3.05, 3.63) is 82.9 Å². The molecule has 0 aliphatic rings. The molecule has 0 saturated heterocycles. The van der Waals surface area contributed by atoms with E-state index in [1.165, 1.54) is 36.4 Å². The van der Waals surface area contributed by atoms with E-state index < -0.39 is 17.6 Å². The van der Waals surface area contributed by atoms with Gasteiger partial charge in [0.15, 0.2) is 5.76 Å². The predicted octanol–water partition coefficient (Wildman–Crippen LogP) is 5.34. The standard InChI is InChI=1S/C20H15F4NO2/c1-12-6-7-13(10-16(12)21)11-25-19(26)18-9-8-17(27-18)14-4-2-3-5-15(14)20(22,23)24/h2-10H,11H2,1H3,(H,25,26). The van der Waals surface area contributed by atoms with Crippen molar-refractivity contribution in [3.8, 4) is 11.3 Å². The molecule has 0 atom stereocenters. The zero-order chi connectivity index (χ0) is 19.6. The molecule has 0 aliphatic carbocycles. The molecule has 0 spiro atoms. The van der Waals surface area contributed by atoms with Crippen LogP contribution in [0.2, 0.25) is 0 Å². The van der Waals surface area contributed by atoms with Crippen molar-refractivity contribution in [2.75, 3.05) is 0 Å². The van der Waals surface area contributed by atoms with E-state index in [0.29, 0.717) is 11.1 Å². The van der Waals surface area contributed by atoms with Gasteiger partial charge in [0.1, 0.15) is 11.6 Å². The lowest BCUT2D eigenvalue weighted by atomic mass is 10.1. The lowest BCUT2D eigenvalue weighted by Gasteiger charge is -2.10. The molecular formula is C20H15F4NO2. The fourth-order valence-electron chi connectivity index (χ4n) is 2.57. The molecule has 3 aromatic rings. The van der Waals surface area contributed by atoms with Gasteiger partial charge in [-0.15, -0.1) is 0 Å². The molecule has 140 valence electrons. The molecule has 27 heavy (non-hydrogen) atoms. The number of carbonyl (C=O) groups excluding carboxylic acids is 1. The number of hydrogen-bond acceptors (Lipinski definition) is 2. The third-order valence-electron chi connectivity index (χ3n) is 4.02. The van der Waals surface area contributed by atoms with Crippen LogP contribution in [0.5, 0.6) is 0 Å². The first kappa shape index (κ1) is 18.7. The third-order valence-corrected chi connectivity index (χ3v) is 4.02. The molecule has 1 heterocycles. The van der Waals surface area contributed by atoms with Gasteiger partial charge < -0.3 is 9.73 Å². The summed E-state index contributed by atoms with van der Waals surface area (Å²) in [7, 11) is 0. The van der Waals surface area contributed by atoms with Crippen LogP contribution >= 0.6 is 0 Å². The summed E-state index contributed by atoms with van der Waals surface area (Å²) in [5.74, 6) is -1.18. The maximum atomic E-state index is 13.5. The first-order chi connectivity index (χ1) is 12.8. The third kappa shape index (κ3) is 4.19. The molecule has 3 nitrogen and oxygen atoms in total. The average Bonchev–Trinajstić information content (AvgIpc) is 3.12. The SMILES string of the molecule is Cc1ccc(CNC(=O)c2ccc(-c3ccccc3C(F)(F)F)o2)cc1F. The van der Waals surface area contributed by atoms with Crippen LogP contribution in [0.3, 0.4) is 0 Å². The summed E-state index contributed by atoms with van der Waals surface area (Å²) in [6, 6.07) is 12.1. The van der Waals surface area contributed by atoms with Gasteiger partial charge in [0.05, 0.1) is 5.56 Å². The number of nitrogens with one attached hydrogen (secondary N) is 1. The smallest absolute Gasteiger partial charge is 0.417 e. The highest BCUT2D eigenvalue weighted by Crippen LogP contribution is 2.37. The number of rotatable bonds is 4. The van der Waals surface area contributed by atoms with Gasteiger partial charge in [-0.3, -0.25) is 4.79 Å². The van der Waals surface area contributed by atoms with Crippen LogP contribution in [0.15, 0.2) is 59.0 Å². The van der Waals surface area contributed by atoms with Gasteiger partial charge in [0, 0.05) is 12.1 Å². The first-order valence-electron chi connectivity index (χ1n) is 8.05. The van der Waals surface area contributed by atoms with E-state index in [0.717, 1.165) is 6.07 Å². The zero-order valence-corrected chi connectivity index (χ0v) is 14.2. The monoisotopic (exact) mass is 377 g/mol. The summed E-state index contributed by atoms with van der Waals surface area (Å²) in [5.41, 5.74) is 0.0517. The van der Waals surface area contributed by atoms with E-state index in [1.807, 2.05) is 0 Å². The van der Waals surface area contributed by atoms with Crippen molar-refractivity contribution in [3.63, 3.8) is 0 Å². The molecule has 2 aromatic carbocycles. The minimum Gasteiger partial charge on any atom is -0.451 e. The maximum absolute atomic E-state index is 13.5. The molecule has 1 aromatic heterocycles. The van der Waals surface area contributed by atoms with E-state index >= 15 is 0 Å². The number of carbonyl (C=O) groups is 1. The van der Waals surface area contributed by atoms with Crippen molar-refractivity contribution in [1.82, 2.24) is 5.32 Å². The normalized spacial score (nSPS) is 11.4. The lowest BCUT2D eigenvalue weighted by molar-refractivity contribution is -0.137. The summed E-state index contributed by atoms with van der Waals surface area (Å²) in [4.78, 5) is 12.2. The van der Waals surface area contributed by atoms with Crippen LogP contribution in [-0.4, -0.2) is 5.91 Å². The van der Waals surface area contributed by atoms with Gasteiger partial charge in [0.2, 0.25) is 0 Å². The molecule has 1 amide bonds. The second kappa shape index (κ2) is 7.26. The molecule has 0 aliphatic heterocycles. The predicted molar refractivity (Wildman–Crippen MR) is 91.5 cm³/mol. The number of hydrogen-bond donors (Lipinski definition) is 1. The van der Waals surface area contributed by atoms with Crippen molar-refractivity contribution in [2.24, 2.45) is 0 Å². The van der Waals surface area contributed by atoms with Gasteiger partial charge >= 0.3 is 6.18 Å². The highest BCUT2D eigenvalue weighted by atomic mass is 19.4. The molecule has 0 unspecified atom stereocenters. The van der Waals surface area contributed by atoms with Crippen LogP contribution in [-0.2, 0) is 12.7 Å². The number of aryl methyl sites for hydroxylation is 1. The summed E-state index contributed by atoms with van der Waals surface area (Å²) in [5, 5.41) is 2.55. The molecule has 1 N–H and O–H groups in total. The molecule has 0 bridgehead atoms. The molecule has 0 radical (unpaired) electrons. The van der Waals surface area contributed by atoms with Gasteiger partial charge in [-0.2, -0.15) is 13.2 Å². The van der Waals surface area contributed by atoms with E-state index in [2.05, 4.69) is 5.32 Å². The fourth-order valence-corrected chi connectivity index (χ4v) is 2.57. The number of amides is 1. The Bertz CT molecular complexity index is 976. The Hall–Kier alpha value is -3.09. The molecule has 0 fully saturated rings. The van der Waals surface area contributed by atoms with Crippen molar-refractivity contribution in [2.45, 2.75) is 19.6 Å². The van der Waals surface area contributed by atoms with E-state index in [4.69, 9.17) is 4.42 Å². The molecular weight excluding hydrogens is 362 g/mol. The number of halogens is 4. The maximum Gasteiger partial charge on any atom is 0.417 e. The highest BCUT2D eigenvalue weighted by molar-refractivity contribution is 5.92. The first-order valence-corrected chi connectivity index (χ1v) is 8.05. The van der Waals surface area contributed by atoms with Crippen molar-refractivity contribution < 1.29 is 26.8 Å². The largest absolute Gasteiger partial charge is 0.451 e. The quantitative estimate of drug-likeness (QED) is 0.624. The molecule has 3 rings (SSSR count). The Morgan fingerprint density at radius 2 is 1.81 bits per heavy atom. The van der Waals surface area contributed by atoms with E-state index in [9.17, 15) is 22.4 Å². The summed E-state index contributed by atoms with van der Waals surface area (Å²) >= 11 is 0. The minimum absolute atomic E-state index is 0.0607. The Labute approximate surface area is 152 Å². The second-order valence-electron chi connectivity index (χ2n) is 5.97. The van der Waals surface area contributed by atoms with Gasteiger partial charge in [-0.25, -0.2) is 4.39 Å². The van der Waals surface area contributed by atoms with Crippen LogP contribution in [0.25, 0.3) is 11.3 Å². The highest BCUT2D eigenvalue weighted by Gasteiger charge is 2.34. The average molecular weight is 377 g/mol. The summed E-state index contributed by atoms with van der Waals surface area (Å²) < 4.78 is 58.2. The minimum atomic E-state index is -4.54. The van der Waals surface area contributed by atoms with Crippen LogP contribution < -0.4 is 5.32 Å². The van der Waals surface area contributed by atoms with Crippen molar-refractivity contribution >= 4 is 5.91 Å². The van der Waals surface area contributed by atoms with E-state index in [1.54, 1.807) is 19.1 Å². The zero-order valence-electron chi connectivity index (χ0n) is 14.2. The Kier molecular flexibility index (Phi) is 5.03. The Morgan fingerprint density at radius 3 is 2.52 bits per heavy atom.